The van der Waals surface area contributed by atoms with Gasteiger partial charge in [0, 0.05) is 10.0 Å². The fourth-order valence-electron chi connectivity index (χ4n) is 2.21. The van der Waals surface area contributed by atoms with Crippen LogP contribution in [-0.2, 0) is 4.79 Å². The van der Waals surface area contributed by atoms with E-state index in [0.717, 1.165) is 15.8 Å². The lowest BCUT2D eigenvalue weighted by Gasteiger charge is -2.25. The highest BCUT2D eigenvalue weighted by molar-refractivity contribution is 9.10. The number of amides is 1. The molecule has 1 amide bonds. The summed E-state index contributed by atoms with van der Waals surface area (Å²) in [6.07, 6.45) is 1.74. The fourth-order valence-corrected chi connectivity index (χ4v) is 2.59. The van der Waals surface area contributed by atoms with Gasteiger partial charge in [0.05, 0.1) is 19.6 Å². The van der Waals surface area contributed by atoms with Crippen molar-refractivity contribution in [1.82, 2.24) is 14.8 Å². The lowest BCUT2D eigenvalue weighted by Crippen LogP contribution is -2.29. The molecule has 1 aliphatic heterocycles. The monoisotopic (exact) mass is 322 g/mol. The molecule has 0 aliphatic carbocycles. The first kappa shape index (κ1) is 12.2. The Bertz CT molecular complexity index is 640. The molecular formula is C12H11BrN4O2. The minimum absolute atomic E-state index is 0.0764. The average Bonchev–Trinajstić information content (AvgIpc) is 2.85. The van der Waals surface area contributed by atoms with Gasteiger partial charge >= 0.3 is 0 Å². The molecule has 2 aromatic rings. The van der Waals surface area contributed by atoms with Gasteiger partial charge in [-0.05, 0) is 18.2 Å². The number of halogens is 1. The third-order valence-electron chi connectivity index (χ3n) is 3.05. The number of nitrogens with one attached hydrogen (secondary N) is 1. The molecule has 0 radical (unpaired) electrons. The normalized spacial score (nSPS) is 17.8. The highest BCUT2D eigenvalue weighted by atomic mass is 79.9. The summed E-state index contributed by atoms with van der Waals surface area (Å²) < 4.78 is 7.99. The van der Waals surface area contributed by atoms with Crippen molar-refractivity contribution < 1.29 is 9.53 Å². The van der Waals surface area contributed by atoms with E-state index in [1.807, 2.05) is 18.2 Å². The maximum atomic E-state index is 11.7. The van der Waals surface area contributed by atoms with Gasteiger partial charge in [-0.25, -0.2) is 4.68 Å². The van der Waals surface area contributed by atoms with Crippen LogP contribution in [0.5, 0.6) is 5.75 Å². The third-order valence-corrected chi connectivity index (χ3v) is 3.54. The van der Waals surface area contributed by atoms with Crippen LogP contribution >= 0.6 is 15.9 Å². The Labute approximate surface area is 117 Å². The smallest absolute Gasteiger partial charge is 0.229 e. The van der Waals surface area contributed by atoms with E-state index < -0.39 is 0 Å². The zero-order valence-electron chi connectivity index (χ0n) is 10.1. The van der Waals surface area contributed by atoms with Crippen molar-refractivity contribution in [3.05, 3.63) is 34.6 Å². The first-order valence-corrected chi connectivity index (χ1v) is 6.51. The molecule has 7 heteroatoms. The second kappa shape index (κ2) is 4.65. The van der Waals surface area contributed by atoms with Crippen LogP contribution in [0.1, 0.15) is 18.0 Å². The second-order valence-corrected chi connectivity index (χ2v) is 5.10. The number of anilines is 1. The summed E-state index contributed by atoms with van der Waals surface area (Å²) in [4.78, 5) is 15.8. The lowest BCUT2D eigenvalue weighted by molar-refractivity contribution is -0.117. The lowest BCUT2D eigenvalue weighted by atomic mass is 10.0. The maximum Gasteiger partial charge on any atom is 0.229 e. The topological polar surface area (TPSA) is 69.0 Å². The quantitative estimate of drug-likeness (QED) is 0.917. The van der Waals surface area contributed by atoms with Crippen molar-refractivity contribution in [3.63, 3.8) is 0 Å². The van der Waals surface area contributed by atoms with Crippen LogP contribution in [0.25, 0.3) is 0 Å². The molecule has 1 N–H and O–H groups in total. The summed E-state index contributed by atoms with van der Waals surface area (Å²) in [5.41, 5.74) is 0.901. The predicted octanol–water partition coefficient (Wildman–Crippen LogP) is 1.98. The van der Waals surface area contributed by atoms with E-state index in [-0.39, 0.29) is 11.9 Å². The molecule has 0 fully saturated rings. The van der Waals surface area contributed by atoms with Crippen molar-refractivity contribution in [1.29, 1.82) is 0 Å². The summed E-state index contributed by atoms with van der Waals surface area (Å²) in [5, 5.41) is 6.86. The fraction of sp³-hybridized carbons (Fsp3) is 0.250. The summed E-state index contributed by atoms with van der Waals surface area (Å²) in [6.45, 7) is 0. The van der Waals surface area contributed by atoms with E-state index in [1.54, 1.807) is 11.8 Å². The number of methoxy groups -OCH3 is 1. The Kier molecular flexibility index (Phi) is 2.98. The minimum Gasteiger partial charge on any atom is -0.496 e. The van der Waals surface area contributed by atoms with Crippen LogP contribution in [0.15, 0.2) is 29.0 Å². The van der Waals surface area contributed by atoms with Crippen LogP contribution in [-0.4, -0.2) is 27.8 Å². The van der Waals surface area contributed by atoms with Gasteiger partial charge < -0.3 is 4.74 Å². The van der Waals surface area contributed by atoms with Gasteiger partial charge in [-0.3, -0.25) is 10.1 Å². The zero-order chi connectivity index (χ0) is 13.4. The van der Waals surface area contributed by atoms with Gasteiger partial charge in [-0.1, -0.05) is 15.9 Å². The Balaban J connectivity index is 2.13. The summed E-state index contributed by atoms with van der Waals surface area (Å²) in [7, 11) is 1.61. The molecule has 1 unspecified atom stereocenters. The van der Waals surface area contributed by atoms with Crippen molar-refractivity contribution in [3.8, 4) is 5.75 Å². The molecule has 1 aromatic heterocycles. The van der Waals surface area contributed by atoms with Crippen LogP contribution in [0, 0.1) is 0 Å². The van der Waals surface area contributed by atoms with Crippen molar-refractivity contribution in [2.45, 2.75) is 12.5 Å². The molecule has 1 atom stereocenters. The number of benzene rings is 1. The molecule has 0 spiro atoms. The number of rotatable bonds is 2. The molecule has 6 nitrogen and oxygen atoms in total. The molecular weight excluding hydrogens is 312 g/mol. The molecule has 3 rings (SSSR count). The van der Waals surface area contributed by atoms with Gasteiger partial charge in [-0.2, -0.15) is 10.1 Å². The Morgan fingerprint density at radius 2 is 2.37 bits per heavy atom. The number of carbonyl (C=O) groups excluding carboxylic acids is 1. The van der Waals surface area contributed by atoms with E-state index in [2.05, 4.69) is 31.3 Å². The molecule has 98 valence electrons. The van der Waals surface area contributed by atoms with Crippen LogP contribution in [0.3, 0.4) is 0 Å². The van der Waals surface area contributed by atoms with E-state index in [9.17, 15) is 4.79 Å². The summed E-state index contributed by atoms with van der Waals surface area (Å²) >= 11 is 3.44. The van der Waals surface area contributed by atoms with Gasteiger partial charge in [0.1, 0.15) is 12.1 Å². The number of nitrogens with zero attached hydrogens (tertiary/aromatic N) is 3. The number of fused-ring (bicyclic) bond motifs is 1. The largest absolute Gasteiger partial charge is 0.496 e. The van der Waals surface area contributed by atoms with E-state index in [4.69, 9.17) is 4.74 Å². The van der Waals surface area contributed by atoms with Crippen LogP contribution in [0.4, 0.5) is 5.95 Å². The highest BCUT2D eigenvalue weighted by Crippen LogP contribution is 2.35. The summed E-state index contributed by atoms with van der Waals surface area (Å²) in [5.74, 6) is 1.11. The number of ether oxygens (including phenoxy) is 1. The Morgan fingerprint density at radius 3 is 3.16 bits per heavy atom. The highest BCUT2D eigenvalue weighted by Gasteiger charge is 2.29. The second-order valence-electron chi connectivity index (χ2n) is 4.18. The van der Waals surface area contributed by atoms with Crippen LogP contribution in [0.2, 0.25) is 0 Å². The molecule has 0 saturated heterocycles. The molecule has 19 heavy (non-hydrogen) atoms. The number of hydrogen-bond acceptors (Lipinski definition) is 4. The van der Waals surface area contributed by atoms with Crippen molar-refractivity contribution in [2.75, 3.05) is 12.4 Å². The first-order chi connectivity index (χ1) is 9.19. The van der Waals surface area contributed by atoms with Crippen molar-refractivity contribution in [2.24, 2.45) is 0 Å². The molecule has 2 heterocycles. The average molecular weight is 323 g/mol. The Morgan fingerprint density at radius 1 is 1.53 bits per heavy atom. The minimum atomic E-state index is -0.210. The van der Waals surface area contributed by atoms with E-state index >= 15 is 0 Å². The van der Waals surface area contributed by atoms with Crippen LogP contribution < -0.4 is 10.1 Å². The molecule has 0 saturated carbocycles. The number of hydrogen-bond donors (Lipinski definition) is 1. The molecule has 1 aromatic carbocycles. The standard InChI is InChI=1S/C12H11BrN4O2/c1-19-10-3-2-7(13)4-8(10)9-5-11(18)16-12-14-6-15-17(9)12/h2-4,6,9H,5H2,1H3,(H,14,15,16,18). The van der Waals surface area contributed by atoms with Crippen molar-refractivity contribution >= 4 is 27.8 Å². The van der Waals surface area contributed by atoms with Gasteiger partial charge in [0.2, 0.25) is 11.9 Å². The maximum absolute atomic E-state index is 11.7. The Hall–Kier alpha value is -1.89. The zero-order valence-corrected chi connectivity index (χ0v) is 11.7. The molecule has 0 bridgehead atoms. The number of aromatic nitrogens is 3. The van der Waals surface area contributed by atoms with E-state index in [1.165, 1.54) is 6.33 Å². The first-order valence-electron chi connectivity index (χ1n) is 5.72. The van der Waals surface area contributed by atoms with E-state index in [0.29, 0.717) is 12.4 Å². The van der Waals surface area contributed by atoms with Gasteiger partial charge in [0.25, 0.3) is 0 Å². The van der Waals surface area contributed by atoms with Gasteiger partial charge in [-0.15, -0.1) is 0 Å². The SMILES string of the molecule is COc1ccc(Br)cc1C1CC(=O)Nc2ncnn21. The predicted molar refractivity (Wildman–Crippen MR) is 72.1 cm³/mol. The molecule has 1 aliphatic rings. The third kappa shape index (κ3) is 2.10. The summed E-state index contributed by atoms with van der Waals surface area (Å²) in [6, 6.07) is 5.49. The van der Waals surface area contributed by atoms with Gasteiger partial charge in [0.15, 0.2) is 0 Å². The number of carbonyl (C=O) groups is 1.